The molecule has 1 saturated heterocycles. The molecule has 0 saturated carbocycles. The molecule has 1 aromatic carbocycles. The fourth-order valence-electron chi connectivity index (χ4n) is 2.76. The first-order valence-electron chi connectivity index (χ1n) is 5.40. The van der Waals surface area contributed by atoms with Gasteiger partial charge in [-0.1, -0.05) is 17.7 Å². The Bertz CT molecular complexity index is 361. The van der Waals surface area contributed by atoms with Crippen LogP contribution in [0.25, 0.3) is 0 Å². The van der Waals surface area contributed by atoms with Crippen molar-refractivity contribution in [3.8, 4) is 0 Å². The first kappa shape index (κ1) is 8.60. The smallest absolute Gasteiger partial charge is 0.0426 e. The molecule has 0 amide bonds. The van der Waals surface area contributed by atoms with Crippen LogP contribution in [-0.4, -0.2) is 12.6 Å². The zero-order valence-corrected chi connectivity index (χ0v) is 8.93. The Kier molecular flexibility index (Phi) is 1.94. The lowest BCUT2D eigenvalue weighted by atomic mass is 10.0. The highest BCUT2D eigenvalue weighted by Crippen LogP contribution is 2.38. The molecule has 0 unspecified atom stereocenters. The molecule has 2 heterocycles. The highest BCUT2D eigenvalue weighted by Gasteiger charge is 2.30. The Hall–Kier alpha value is -0.690. The summed E-state index contributed by atoms with van der Waals surface area (Å²) in [5, 5.41) is 0.870. The molecule has 3 rings (SSSR count). The lowest BCUT2D eigenvalue weighted by Gasteiger charge is -2.31. The minimum Gasteiger partial charge on any atom is -0.368 e. The van der Waals surface area contributed by atoms with Crippen LogP contribution in [0.2, 0.25) is 5.02 Å². The van der Waals surface area contributed by atoms with Gasteiger partial charge < -0.3 is 4.90 Å². The molecular formula is C12H14ClN. The molecule has 0 aliphatic carbocycles. The molecule has 1 atom stereocenters. The van der Waals surface area contributed by atoms with E-state index in [0.717, 1.165) is 11.1 Å². The molecule has 2 aliphatic rings. The van der Waals surface area contributed by atoms with Gasteiger partial charge in [0.25, 0.3) is 0 Å². The standard InChI is InChI=1S/C12H14ClN/c13-10-5-4-9-7-11-3-1-2-6-14(11)12(9)8-10/h4-5,8,11H,1-3,6-7H2/t11-/m0/s1. The van der Waals surface area contributed by atoms with Gasteiger partial charge in [0.1, 0.15) is 0 Å². The van der Waals surface area contributed by atoms with Crippen molar-refractivity contribution in [2.75, 3.05) is 11.4 Å². The maximum Gasteiger partial charge on any atom is 0.0426 e. The fourth-order valence-corrected chi connectivity index (χ4v) is 2.93. The van der Waals surface area contributed by atoms with E-state index in [0.29, 0.717) is 0 Å². The van der Waals surface area contributed by atoms with E-state index in [4.69, 9.17) is 11.6 Å². The molecular weight excluding hydrogens is 194 g/mol. The minimum atomic E-state index is 0.761. The summed E-state index contributed by atoms with van der Waals surface area (Å²) in [5.74, 6) is 0. The van der Waals surface area contributed by atoms with Gasteiger partial charge in [0.05, 0.1) is 0 Å². The third kappa shape index (κ3) is 1.23. The van der Waals surface area contributed by atoms with Crippen LogP contribution in [0, 0.1) is 0 Å². The summed E-state index contributed by atoms with van der Waals surface area (Å²) in [6.07, 6.45) is 5.31. The van der Waals surface area contributed by atoms with Crippen LogP contribution in [0.3, 0.4) is 0 Å². The van der Waals surface area contributed by atoms with Crippen molar-refractivity contribution in [3.05, 3.63) is 28.8 Å². The monoisotopic (exact) mass is 207 g/mol. The number of halogens is 1. The third-order valence-electron chi connectivity index (χ3n) is 3.44. The van der Waals surface area contributed by atoms with E-state index < -0.39 is 0 Å². The molecule has 2 aliphatic heterocycles. The molecule has 74 valence electrons. The average Bonchev–Trinajstić information content (AvgIpc) is 2.56. The molecule has 1 nitrogen and oxygen atoms in total. The Morgan fingerprint density at radius 2 is 2.21 bits per heavy atom. The van der Waals surface area contributed by atoms with Gasteiger partial charge >= 0.3 is 0 Å². The zero-order chi connectivity index (χ0) is 9.54. The number of nitrogens with zero attached hydrogens (tertiary/aromatic N) is 1. The Balaban J connectivity index is 2.02. The maximum atomic E-state index is 6.03. The van der Waals surface area contributed by atoms with Crippen LogP contribution in [0.5, 0.6) is 0 Å². The van der Waals surface area contributed by atoms with Crippen molar-refractivity contribution in [2.45, 2.75) is 31.7 Å². The first-order chi connectivity index (χ1) is 6.84. The van der Waals surface area contributed by atoms with E-state index in [2.05, 4.69) is 17.0 Å². The summed E-state index contributed by atoms with van der Waals surface area (Å²) < 4.78 is 0. The summed E-state index contributed by atoms with van der Waals surface area (Å²) in [4.78, 5) is 2.55. The quantitative estimate of drug-likeness (QED) is 0.631. The Morgan fingerprint density at radius 1 is 1.29 bits per heavy atom. The van der Waals surface area contributed by atoms with E-state index in [9.17, 15) is 0 Å². The normalized spacial score (nSPS) is 24.6. The van der Waals surface area contributed by atoms with Gasteiger partial charge in [0.2, 0.25) is 0 Å². The number of hydrogen-bond acceptors (Lipinski definition) is 1. The highest BCUT2D eigenvalue weighted by atomic mass is 35.5. The van der Waals surface area contributed by atoms with Crippen molar-refractivity contribution in [3.63, 3.8) is 0 Å². The predicted molar refractivity (Wildman–Crippen MR) is 60.1 cm³/mol. The molecule has 2 heteroatoms. The summed E-state index contributed by atoms with van der Waals surface area (Å²) in [6.45, 7) is 1.22. The van der Waals surface area contributed by atoms with E-state index in [1.54, 1.807) is 0 Å². The van der Waals surface area contributed by atoms with Gasteiger partial charge in [-0.15, -0.1) is 0 Å². The lowest BCUT2D eigenvalue weighted by molar-refractivity contribution is 0.478. The van der Waals surface area contributed by atoms with Crippen LogP contribution in [0.15, 0.2) is 18.2 Å². The number of fused-ring (bicyclic) bond motifs is 3. The lowest BCUT2D eigenvalue weighted by Crippen LogP contribution is -2.36. The number of benzene rings is 1. The summed E-state index contributed by atoms with van der Waals surface area (Å²) in [5.41, 5.74) is 2.88. The molecule has 1 fully saturated rings. The predicted octanol–water partition coefficient (Wildman–Crippen LogP) is 3.26. The van der Waals surface area contributed by atoms with Gasteiger partial charge in [0, 0.05) is 23.3 Å². The van der Waals surface area contributed by atoms with Crippen molar-refractivity contribution in [2.24, 2.45) is 0 Å². The first-order valence-corrected chi connectivity index (χ1v) is 5.77. The van der Waals surface area contributed by atoms with Crippen LogP contribution < -0.4 is 4.90 Å². The van der Waals surface area contributed by atoms with Gasteiger partial charge in [-0.3, -0.25) is 0 Å². The Morgan fingerprint density at radius 3 is 3.14 bits per heavy atom. The molecule has 14 heavy (non-hydrogen) atoms. The van der Waals surface area contributed by atoms with Crippen molar-refractivity contribution < 1.29 is 0 Å². The summed E-state index contributed by atoms with van der Waals surface area (Å²) >= 11 is 6.03. The van der Waals surface area contributed by atoms with Gasteiger partial charge in [-0.2, -0.15) is 0 Å². The fraction of sp³-hybridized carbons (Fsp3) is 0.500. The number of hydrogen-bond donors (Lipinski definition) is 0. The van der Waals surface area contributed by atoms with E-state index in [-0.39, 0.29) is 0 Å². The SMILES string of the molecule is Clc1ccc2c(c1)N1CCCC[C@H]1C2. The van der Waals surface area contributed by atoms with Gasteiger partial charge in [0.15, 0.2) is 0 Å². The van der Waals surface area contributed by atoms with E-state index in [1.165, 1.54) is 43.5 Å². The molecule has 0 aromatic heterocycles. The number of rotatable bonds is 0. The van der Waals surface area contributed by atoms with Crippen LogP contribution in [0.1, 0.15) is 24.8 Å². The number of piperidine rings is 1. The Labute approximate surface area is 89.7 Å². The minimum absolute atomic E-state index is 0.761. The van der Waals surface area contributed by atoms with Crippen molar-refractivity contribution in [1.29, 1.82) is 0 Å². The number of anilines is 1. The van der Waals surface area contributed by atoms with E-state index in [1.807, 2.05) is 6.07 Å². The molecule has 0 bridgehead atoms. The van der Waals surface area contributed by atoms with Crippen molar-refractivity contribution in [1.82, 2.24) is 0 Å². The zero-order valence-electron chi connectivity index (χ0n) is 8.17. The molecule has 0 N–H and O–H groups in total. The van der Waals surface area contributed by atoms with Crippen molar-refractivity contribution >= 4 is 17.3 Å². The second-order valence-electron chi connectivity index (χ2n) is 4.32. The largest absolute Gasteiger partial charge is 0.368 e. The van der Waals surface area contributed by atoms with Gasteiger partial charge in [-0.05, 0) is 43.4 Å². The van der Waals surface area contributed by atoms with Gasteiger partial charge in [-0.25, -0.2) is 0 Å². The van der Waals surface area contributed by atoms with E-state index >= 15 is 0 Å². The van der Waals surface area contributed by atoms with Crippen LogP contribution >= 0.6 is 11.6 Å². The summed E-state index contributed by atoms with van der Waals surface area (Å²) in [6, 6.07) is 7.09. The summed E-state index contributed by atoms with van der Waals surface area (Å²) in [7, 11) is 0. The molecule has 1 aromatic rings. The molecule has 0 spiro atoms. The average molecular weight is 208 g/mol. The second-order valence-corrected chi connectivity index (χ2v) is 4.76. The second kappa shape index (κ2) is 3.16. The van der Waals surface area contributed by atoms with Crippen LogP contribution in [0.4, 0.5) is 5.69 Å². The highest BCUT2D eigenvalue weighted by molar-refractivity contribution is 6.30. The topological polar surface area (TPSA) is 3.24 Å². The molecule has 0 radical (unpaired) electrons. The maximum absolute atomic E-state index is 6.03. The van der Waals surface area contributed by atoms with Crippen LogP contribution in [-0.2, 0) is 6.42 Å². The third-order valence-corrected chi connectivity index (χ3v) is 3.67.